The second kappa shape index (κ2) is 5.25. The van der Waals surface area contributed by atoms with E-state index in [1.807, 2.05) is 0 Å². The number of benzene rings is 2. The van der Waals surface area contributed by atoms with Crippen molar-refractivity contribution in [3.05, 3.63) is 59.3 Å². The van der Waals surface area contributed by atoms with Crippen LogP contribution in [0, 0.1) is 0 Å². The van der Waals surface area contributed by atoms with Gasteiger partial charge in [0, 0.05) is 0 Å². The Labute approximate surface area is 109 Å². The Bertz CT molecular complexity index is 605. The molecular formula is C18H18. The van der Waals surface area contributed by atoms with Crippen LogP contribution in [0.1, 0.15) is 37.7 Å². The minimum absolute atomic E-state index is 1.24. The van der Waals surface area contributed by atoms with Gasteiger partial charge < -0.3 is 0 Å². The standard InChI is InChI=1S/C18H18/c1-2-6-15(7-3-1)10-11-16-12-13-17-8-4-5-9-18(17)14-16/h4-5,8-9,11-14H,1-3,6-7H2. The summed E-state index contributed by atoms with van der Waals surface area (Å²) in [6, 6.07) is 15.1. The van der Waals surface area contributed by atoms with E-state index in [1.165, 1.54) is 54.0 Å². The van der Waals surface area contributed by atoms with Gasteiger partial charge in [0.1, 0.15) is 0 Å². The first-order chi connectivity index (χ1) is 8.92. The summed E-state index contributed by atoms with van der Waals surface area (Å²) in [7, 11) is 0. The zero-order valence-electron chi connectivity index (χ0n) is 10.7. The van der Waals surface area contributed by atoms with Crippen molar-refractivity contribution in [3.8, 4) is 0 Å². The van der Waals surface area contributed by atoms with Crippen LogP contribution in [0.25, 0.3) is 16.8 Å². The van der Waals surface area contributed by atoms with Crippen molar-refractivity contribution in [2.24, 2.45) is 0 Å². The topological polar surface area (TPSA) is 0 Å². The lowest BCUT2D eigenvalue weighted by Gasteiger charge is -2.10. The molecule has 0 spiro atoms. The number of hydrogen-bond donors (Lipinski definition) is 0. The molecule has 2 aromatic rings. The van der Waals surface area contributed by atoms with E-state index in [1.54, 1.807) is 0 Å². The third-order valence-corrected chi connectivity index (χ3v) is 3.67. The molecule has 1 fully saturated rings. The van der Waals surface area contributed by atoms with E-state index in [4.69, 9.17) is 0 Å². The zero-order valence-corrected chi connectivity index (χ0v) is 10.7. The molecule has 0 nitrogen and oxygen atoms in total. The molecule has 0 heteroatoms. The average molecular weight is 234 g/mol. The highest BCUT2D eigenvalue weighted by atomic mass is 14.1. The molecule has 1 aliphatic carbocycles. The van der Waals surface area contributed by atoms with Gasteiger partial charge in [0.15, 0.2) is 0 Å². The van der Waals surface area contributed by atoms with E-state index in [2.05, 4.69) is 54.3 Å². The number of fused-ring (bicyclic) bond motifs is 1. The Morgan fingerprint density at radius 1 is 0.833 bits per heavy atom. The quantitative estimate of drug-likeness (QED) is 0.584. The molecule has 0 heterocycles. The van der Waals surface area contributed by atoms with Gasteiger partial charge in [-0.25, -0.2) is 0 Å². The number of rotatable bonds is 1. The summed E-state index contributed by atoms with van der Waals surface area (Å²) in [5.41, 5.74) is 6.25. The lowest BCUT2D eigenvalue weighted by Crippen LogP contribution is -1.91. The van der Waals surface area contributed by atoms with Gasteiger partial charge in [-0.1, -0.05) is 42.8 Å². The van der Waals surface area contributed by atoms with E-state index in [0.717, 1.165) is 0 Å². The SMILES string of the molecule is C(=Cc1ccc2ccccc2c1)=C1CCCCC1. The van der Waals surface area contributed by atoms with Gasteiger partial charge in [0.05, 0.1) is 0 Å². The predicted octanol–water partition coefficient (Wildman–Crippen LogP) is 5.34. The van der Waals surface area contributed by atoms with Gasteiger partial charge in [-0.2, -0.15) is 0 Å². The first kappa shape index (κ1) is 11.3. The van der Waals surface area contributed by atoms with E-state index >= 15 is 0 Å². The first-order valence-corrected chi connectivity index (χ1v) is 6.85. The summed E-state index contributed by atoms with van der Waals surface area (Å²) < 4.78 is 0. The fourth-order valence-electron chi connectivity index (χ4n) is 2.61. The highest BCUT2D eigenvalue weighted by Gasteiger charge is 2.03. The molecule has 0 amide bonds. The molecule has 1 saturated carbocycles. The van der Waals surface area contributed by atoms with E-state index in [9.17, 15) is 0 Å². The Morgan fingerprint density at radius 2 is 1.61 bits per heavy atom. The maximum Gasteiger partial charge on any atom is -0.0127 e. The Balaban J connectivity index is 1.92. The molecule has 0 unspecified atom stereocenters. The zero-order chi connectivity index (χ0) is 12.2. The lowest BCUT2D eigenvalue weighted by molar-refractivity contribution is 0.600. The summed E-state index contributed by atoms with van der Waals surface area (Å²) in [5.74, 6) is 0. The smallest absolute Gasteiger partial charge is 0.0127 e. The molecule has 0 saturated heterocycles. The lowest BCUT2D eigenvalue weighted by atomic mass is 9.95. The van der Waals surface area contributed by atoms with Crippen LogP contribution in [0.5, 0.6) is 0 Å². The van der Waals surface area contributed by atoms with Gasteiger partial charge in [0.2, 0.25) is 0 Å². The van der Waals surface area contributed by atoms with Crippen molar-refractivity contribution in [1.29, 1.82) is 0 Å². The Kier molecular flexibility index (Phi) is 3.30. The fraction of sp³-hybridized carbons (Fsp3) is 0.278. The summed E-state index contributed by atoms with van der Waals surface area (Å²) in [6.07, 6.45) is 8.70. The molecule has 0 atom stereocenters. The van der Waals surface area contributed by atoms with Crippen molar-refractivity contribution >= 4 is 16.8 Å². The van der Waals surface area contributed by atoms with Gasteiger partial charge in [-0.05, 0) is 59.7 Å². The van der Waals surface area contributed by atoms with Crippen molar-refractivity contribution in [3.63, 3.8) is 0 Å². The molecule has 0 radical (unpaired) electrons. The molecule has 0 bridgehead atoms. The number of hydrogen-bond acceptors (Lipinski definition) is 0. The maximum absolute atomic E-state index is 3.49. The summed E-state index contributed by atoms with van der Waals surface area (Å²) >= 11 is 0. The van der Waals surface area contributed by atoms with Crippen LogP contribution in [-0.2, 0) is 0 Å². The highest BCUT2D eigenvalue weighted by molar-refractivity contribution is 5.84. The van der Waals surface area contributed by atoms with Crippen LogP contribution in [0.15, 0.2) is 53.8 Å². The fourth-order valence-corrected chi connectivity index (χ4v) is 2.61. The Hall–Kier alpha value is -1.78. The third-order valence-electron chi connectivity index (χ3n) is 3.67. The molecule has 90 valence electrons. The summed E-state index contributed by atoms with van der Waals surface area (Å²) in [6.45, 7) is 0. The van der Waals surface area contributed by atoms with Crippen LogP contribution in [0.3, 0.4) is 0 Å². The van der Waals surface area contributed by atoms with Crippen molar-refractivity contribution in [1.82, 2.24) is 0 Å². The van der Waals surface area contributed by atoms with E-state index < -0.39 is 0 Å². The minimum Gasteiger partial charge on any atom is -0.121 e. The second-order valence-electron chi connectivity index (χ2n) is 5.06. The first-order valence-electron chi connectivity index (χ1n) is 6.85. The summed E-state index contributed by atoms with van der Waals surface area (Å²) in [4.78, 5) is 0. The van der Waals surface area contributed by atoms with Gasteiger partial charge in [-0.15, -0.1) is 5.73 Å². The van der Waals surface area contributed by atoms with Crippen molar-refractivity contribution in [2.75, 3.05) is 0 Å². The normalized spacial score (nSPS) is 15.4. The van der Waals surface area contributed by atoms with Crippen LogP contribution in [0.2, 0.25) is 0 Å². The van der Waals surface area contributed by atoms with Crippen molar-refractivity contribution < 1.29 is 0 Å². The molecule has 0 aromatic heterocycles. The average Bonchev–Trinajstić information content (AvgIpc) is 2.46. The molecule has 3 rings (SSSR count). The third kappa shape index (κ3) is 2.55. The molecule has 1 aliphatic rings. The van der Waals surface area contributed by atoms with Crippen LogP contribution in [-0.4, -0.2) is 0 Å². The molecule has 0 aliphatic heterocycles. The summed E-state index contributed by atoms with van der Waals surface area (Å²) in [5, 5.41) is 2.61. The second-order valence-corrected chi connectivity index (χ2v) is 5.06. The predicted molar refractivity (Wildman–Crippen MR) is 78.5 cm³/mol. The van der Waals surface area contributed by atoms with Gasteiger partial charge in [-0.3, -0.25) is 0 Å². The highest BCUT2D eigenvalue weighted by Crippen LogP contribution is 2.22. The monoisotopic (exact) mass is 234 g/mol. The number of allylic oxidation sites excluding steroid dienone is 1. The van der Waals surface area contributed by atoms with E-state index in [-0.39, 0.29) is 0 Å². The minimum atomic E-state index is 1.24. The molecule has 0 N–H and O–H groups in total. The van der Waals surface area contributed by atoms with Gasteiger partial charge in [0.25, 0.3) is 0 Å². The van der Waals surface area contributed by atoms with Gasteiger partial charge >= 0.3 is 0 Å². The molecule has 18 heavy (non-hydrogen) atoms. The van der Waals surface area contributed by atoms with Crippen LogP contribution < -0.4 is 0 Å². The van der Waals surface area contributed by atoms with Crippen molar-refractivity contribution in [2.45, 2.75) is 32.1 Å². The Morgan fingerprint density at radius 3 is 2.44 bits per heavy atom. The van der Waals surface area contributed by atoms with Crippen LogP contribution in [0.4, 0.5) is 0 Å². The van der Waals surface area contributed by atoms with E-state index in [0.29, 0.717) is 0 Å². The largest absolute Gasteiger partial charge is 0.121 e. The maximum atomic E-state index is 3.49. The molecular weight excluding hydrogens is 216 g/mol. The van der Waals surface area contributed by atoms with Crippen LogP contribution >= 0.6 is 0 Å². The molecule has 2 aromatic carbocycles.